The topological polar surface area (TPSA) is 79.9 Å². The fourth-order valence-electron chi connectivity index (χ4n) is 2.25. The molecular weight excluding hydrogens is 336 g/mol. The zero-order valence-corrected chi connectivity index (χ0v) is 13.5. The van der Waals surface area contributed by atoms with Gasteiger partial charge in [0.05, 0.1) is 26.4 Å². The van der Waals surface area contributed by atoms with Gasteiger partial charge in [-0.05, 0) is 6.07 Å². The smallest absolute Gasteiger partial charge is 0.345 e. The summed E-state index contributed by atoms with van der Waals surface area (Å²) in [7, 11) is 0. The average Bonchev–Trinajstić information content (AvgIpc) is 2.60. The van der Waals surface area contributed by atoms with Gasteiger partial charge in [-0.3, -0.25) is 14.5 Å². The Morgan fingerprint density at radius 3 is 2.72 bits per heavy atom. The van der Waals surface area contributed by atoms with Crippen LogP contribution in [0, 0.1) is 6.07 Å². The fraction of sp³-hybridized carbons (Fsp3) is 0.500. The molecule has 1 aliphatic heterocycles. The van der Waals surface area contributed by atoms with Gasteiger partial charge in [-0.2, -0.15) is 8.78 Å². The molecule has 1 atom stereocenters. The highest BCUT2D eigenvalue weighted by Crippen LogP contribution is 2.06. The van der Waals surface area contributed by atoms with E-state index in [2.05, 4.69) is 21.4 Å². The van der Waals surface area contributed by atoms with E-state index in [0.29, 0.717) is 32.0 Å². The lowest BCUT2D eigenvalue weighted by atomic mass is 10.2. The van der Waals surface area contributed by atoms with E-state index in [0.717, 1.165) is 0 Å². The fourth-order valence-corrected chi connectivity index (χ4v) is 2.25. The Morgan fingerprint density at radius 2 is 2.08 bits per heavy atom. The summed E-state index contributed by atoms with van der Waals surface area (Å²) in [4.78, 5) is 26.2. The molecule has 1 aromatic rings. The van der Waals surface area contributed by atoms with Crippen molar-refractivity contribution in [3.63, 3.8) is 0 Å². The summed E-state index contributed by atoms with van der Waals surface area (Å²) in [6.45, 7) is -1.38. The van der Waals surface area contributed by atoms with E-state index in [1.807, 2.05) is 4.90 Å². The molecule has 0 unspecified atom stereocenters. The quantitative estimate of drug-likeness (QED) is 0.708. The van der Waals surface area contributed by atoms with Crippen LogP contribution in [0.25, 0.3) is 0 Å². The van der Waals surface area contributed by atoms with Gasteiger partial charge in [0, 0.05) is 24.8 Å². The molecule has 7 nitrogen and oxygen atoms in total. The second-order valence-corrected chi connectivity index (χ2v) is 5.37. The molecule has 2 amide bonds. The van der Waals surface area contributed by atoms with Crippen LogP contribution in [-0.4, -0.2) is 68.8 Å². The second-order valence-electron chi connectivity index (χ2n) is 5.37. The molecule has 0 aliphatic carbocycles. The minimum Gasteiger partial charge on any atom is -0.379 e. The number of halogens is 2. The Labute approximate surface area is 144 Å². The normalized spacial score (nSPS) is 16.4. The lowest BCUT2D eigenvalue weighted by molar-refractivity contribution is -0.145. The van der Waals surface area contributed by atoms with E-state index in [9.17, 15) is 18.4 Å². The van der Waals surface area contributed by atoms with E-state index in [4.69, 9.17) is 4.74 Å². The van der Waals surface area contributed by atoms with Crippen LogP contribution in [0.4, 0.5) is 14.5 Å². The van der Waals surface area contributed by atoms with E-state index in [1.54, 1.807) is 24.3 Å². The first-order valence-electron chi connectivity index (χ1n) is 7.81. The standard InChI is InChI=1S/C16H20F2N3O4/c17-16(18)25-11-13(15(23)19-12-4-2-1-3-5-12)20-14(22)10-21-6-8-24-9-7-21/h1-4,13,16H,6-11H2,(H,19,23)(H,20,22)/t13-/m0/s1. The molecule has 0 bridgehead atoms. The number of hydrogen-bond donors (Lipinski definition) is 2. The molecule has 1 saturated heterocycles. The van der Waals surface area contributed by atoms with Crippen LogP contribution < -0.4 is 10.6 Å². The molecular formula is C16H20F2N3O4. The van der Waals surface area contributed by atoms with Gasteiger partial charge in [-0.25, -0.2) is 0 Å². The summed E-state index contributed by atoms with van der Waals surface area (Å²) < 4.78 is 34.0. The van der Waals surface area contributed by atoms with E-state index in [-0.39, 0.29) is 6.54 Å². The average molecular weight is 356 g/mol. The van der Waals surface area contributed by atoms with Crippen molar-refractivity contribution in [2.45, 2.75) is 12.7 Å². The number of amides is 2. The Hall–Kier alpha value is -2.10. The van der Waals surface area contributed by atoms with Crippen LogP contribution in [-0.2, 0) is 19.1 Å². The summed E-state index contributed by atoms with van der Waals surface area (Å²) in [6.07, 6.45) is 0. The van der Waals surface area contributed by atoms with Gasteiger partial charge in [-0.15, -0.1) is 0 Å². The molecule has 137 valence electrons. The number of carbonyl (C=O) groups excluding carboxylic acids is 2. The molecule has 0 saturated carbocycles. The summed E-state index contributed by atoms with van der Waals surface area (Å²) in [5, 5.41) is 4.94. The third-order valence-electron chi connectivity index (χ3n) is 3.48. The highest BCUT2D eigenvalue weighted by atomic mass is 19.3. The highest BCUT2D eigenvalue weighted by molar-refractivity contribution is 5.97. The predicted molar refractivity (Wildman–Crippen MR) is 85.1 cm³/mol. The summed E-state index contributed by atoms with van der Waals surface area (Å²) in [5.41, 5.74) is 0.372. The van der Waals surface area contributed by atoms with Gasteiger partial charge in [0.2, 0.25) is 11.8 Å². The third-order valence-corrected chi connectivity index (χ3v) is 3.48. The molecule has 25 heavy (non-hydrogen) atoms. The molecule has 0 spiro atoms. The van der Waals surface area contributed by atoms with Crippen molar-refractivity contribution in [2.75, 3.05) is 44.8 Å². The number of anilines is 1. The van der Waals surface area contributed by atoms with Gasteiger partial charge in [0.15, 0.2) is 0 Å². The second kappa shape index (κ2) is 10.0. The molecule has 1 heterocycles. The van der Waals surface area contributed by atoms with Gasteiger partial charge in [-0.1, -0.05) is 18.2 Å². The minimum absolute atomic E-state index is 0.0548. The zero-order valence-electron chi connectivity index (χ0n) is 13.5. The first kappa shape index (κ1) is 19.2. The van der Waals surface area contributed by atoms with Crippen molar-refractivity contribution in [2.24, 2.45) is 0 Å². The number of carbonyl (C=O) groups is 2. The Kier molecular flexibility index (Phi) is 7.71. The monoisotopic (exact) mass is 356 g/mol. The number of alkyl halides is 2. The van der Waals surface area contributed by atoms with Crippen LogP contribution in [0.1, 0.15) is 0 Å². The third kappa shape index (κ3) is 7.12. The lowest BCUT2D eigenvalue weighted by Crippen LogP contribution is -2.51. The van der Waals surface area contributed by atoms with Gasteiger partial charge in [0.1, 0.15) is 6.04 Å². The van der Waals surface area contributed by atoms with Crippen molar-refractivity contribution in [3.8, 4) is 0 Å². The lowest BCUT2D eigenvalue weighted by Gasteiger charge is -2.27. The maximum atomic E-state index is 12.3. The molecule has 2 N–H and O–H groups in total. The largest absolute Gasteiger partial charge is 0.379 e. The summed E-state index contributed by atoms with van der Waals surface area (Å²) in [5.74, 6) is -1.10. The summed E-state index contributed by atoms with van der Waals surface area (Å²) >= 11 is 0. The zero-order chi connectivity index (χ0) is 18.1. The number of morpholine rings is 1. The van der Waals surface area contributed by atoms with Crippen molar-refractivity contribution in [1.29, 1.82) is 0 Å². The number of rotatable bonds is 8. The molecule has 9 heteroatoms. The molecule has 1 aromatic carbocycles. The van der Waals surface area contributed by atoms with Crippen LogP contribution >= 0.6 is 0 Å². The van der Waals surface area contributed by atoms with Crippen molar-refractivity contribution < 1.29 is 27.8 Å². The van der Waals surface area contributed by atoms with E-state index >= 15 is 0 Å². The van der Waals surface area contributed by atoms with E-state index < -0.39 is 31.1 Å². The van der Waals surface area contributed by atoms with Gasteiger partial charge >= 0.3 is 6.61 Å². The number of benzene rings is 1. The Balaban J connectivity index is 1.91. The predicted octanol–water partition coefficient (Wildman–Crippen LogP) is 0.481. The first-order valence-corrected chi connectivity index (χ1v) is 7.81. The number of nitrogens with zero attached hydrogens (tertiary/aromatic N) is 1. The van der Waals surface area contributed by atoms with Crippen molar-refractivity contribution >= 4 is 17.5 Å². The van der Waals surface area contributed by atoms with Crippen molar-refractivity contribution in [1.82, 2.24) is 10.2 Å². The number of ether oxygens (including phenoxy) is 2. The van der Waals surface area contributed by atoms with Gasteiger partial charge in [0.25, 0.3) is 0 Å². The van der Waals surface area contributed by atoms with Crippen LogP contribution in [0.5, 0.6) is 0 Å². The number of nitrogens with one attached hydrogen (secondary N) is 2. The number of hydrogen-bond acceptors (Lipinski definition) is 5. The minimum atomic E-state index is -3.03. The SMILES string of the molecule is O=C(CN1CCOCC1)N[C@@H](COC(F)F)C(=O)Nc1[c]cccc1. The highest BCUT2D eigenvalue weighted by Gasteiger charge is 2.24. The van der Waals surface area contributed by atoms with Crippen LogP contribution in [0.15, 0.2) is 24.3 Å². The van der Waals surface area contributed by atoms with Crippen LogP contribution in [0.3, 0.4) is 0 Å². The van der Waals surface area contributed by atoms with Crippen LogP contribution in [0.2, 0.25) is 0 Å². The van der Waals surface area contributed by atoms with E-state index in [1.165, 1.54) is 0 Å². The molecule has 0 aromatic heterocycles. The van der Waals surface area contributed by atoms with Gasteiger partial charge < -0.3 is 20.1 Å². The Morgan fingerprint density at radius 1 is 1.32 bits per heavy atom. The molecule has 1 fully saturated rings. The molecule has 1 aliphatic rings. The number of para-hydroxylation sites is 1. The molecule has 1 radical (unpaired) electrons. The Bertz CT molecular complexity index is 554. The first-order chi connectivity index (χ1) is 12.0. The summed E-state index contributed by atoms with van der Waals surface area (Å²) in [6, 6.07) is 8.14. The maximum Gasteiger partial charge on any atom is 0.345 e. The molecule has 2 rings (SSSR count). The van der Waals surface area contributed by atoms with Crippen molar-refractivity contribution in [3.05, 3.63) is 30.3 Å². The maximum absolute atomic E-state index is 12.3.